The zero-order valence-corrected chi connectivity index (χ0v) is 17.6. The van der Waals surface area contributed by atoms with E-state index >= 15 is 0 Å². The topological polar surface area (TPSA) is 162 Å². The van der Waals surface area contributed by atoms with Gasteiger partial charge in [0.2, 0.25) is 5.60 Å². The Bertz CT molecular complexity index is 1220. The molecule has 11 nitrogen and oxygen atoms in total. The van der Waals surface area contributed by atoms with E-state index in [0.29, 0.717) is 5.52 Å². The van der Waals surface area contributed by atoms with Crippen molar-refractivity contribution in [2.45, 2.75) is 37.3 Å². The molecule has 11 heteroatoms. The number of nitrogen functional groups attached to an aromatic ring is 1. The maximum atomic E-state index is 12.3. The van der Waals surface area contributed by atoms with Gasteiger partial charge >= 0.3 is 11.9 Å². The van der Waals surface area contributed by atoms with Crippen molar-refractivity contribution in [1.29, 1.82) is 5.26 Å². The third-order valence-electron chi connectivity index (χ3n) is 5.36. The zero-order chi connectivity index (χ0) is 23.6. The van der Waals surface area contributed by atoms with Crippen LogP contribution in [-0.4, -0.2) is 56.6 Å². The van der Waals surface area contributed by atoms with E-state index in [4.69, 9.17) is 19.9 Å². The third-order valence-corrected chi connectivity index (χ3v) is 5.36. The molecule has 4 atom stereocenters. The van der Waals surface area contributed by atoms with Crippen molar-refractivity contribution in [2.24, 2.45) is 0 Å². The predicted octanol–water partition coefficient (Wildman–Crippen LogP) is 0.508. The minimum Gasteiger partial charge on any atom is -0.463 e. The van der Waals surface area contributed by atoms with E-state index in [1.807, 2.05) is 12.1 Å². The lowest BCUT2D eigenvalue weighted by molar-refractivity contribution is -0.158. The van der Waals surface area contributed by atoms with Crippen molar-refractivity contribution in [3.05, 3.63) is 60.0 Å². The van der Waals surface area contributed by atoms with Gasteiger partial charge in [-0.1, -0.05) is 30.3 Å². The normalized spacial score (nSPS) is 24.3. The summed E-state index contributed by atoms with van der Waals surface area (Å²) in [7, 11) is 0. The van der Waals surface area contributed by atoms with Crippen molar-refractivity contribution in [3.63, 3.8) is 0 Å². The van der Waals surface area contributed by atoms with E-state index < -0.39 is 35.9 Å². The lowest BCUT2D eigenvalue weighted by Gasteiger charge is -2.24. The number of nitriles is 1. The number of nitrogens with two attached hydrogens (primary N) is 1. The SMILES string of the molecule is CC(=O)O[C@H]1[C@@H](O)[C@](C#N)(c2ccc3c(N)ncnn23)O[C@@H]1COC(=O)Cc1ccccc1. The first-order valence-corrected chi connectivity index (χ1v) is 10.1. The van der Waals surface area contributed by atoms with Crippen molar-refractivity contribution in [1.82, 2.24) is 14.6 Å². The Morgan fingerprint density at radius 1 is 1.30 bits per heavy atom. The van der Waals surface area contributed by atoms with Crippen LogP contribution in [0.4, 0.5) is 5.82 Å². The van der Waals surface area contributed by atoms with Gasteiger partial charge in [-0.3, -0.25) is 9.59 Å². The summed E-state index contributed by atoms with van der Waals surface area (Å²) in [5.41, 5.74) is 5.22. The largest absolute Gasteiger partial charge is 0.463 e. The van der Waals surface area contributed by atoms with Crippen molar-refractivity contribution in [2.75, 3.05) is 12.3 Å². The summed E-state index contributed by atoms with van der Waals surface area (Å²) in [6, 6.07) is 14.1. The second kappa shape index (κ2) is 8.85. The highest BCUT2D eigenvalue weighted by molar-refractivity contribution is 5.72. The number of hydrogen-bond donors (Lipinski definition) is 2. The van der Waals surface area contributed by atoms with Gasteiger partial charge in [0.25, 0.3) is 0 Å². The Morgan fingerprint density at radius 3 is 2.76 bits per heavy atom. The van der Waals surface area contributed by atoms with Gasteiger partial charge in [-0.25, -0.2) is 9.50 Å². The number of fused-ring (bicyclic) bond motifs is 1. The average molecular weight is 451 g/mol. The van der Waals surface area contributed by atoms with Crippen LogP contribution in [0, 0.1) is 11.3 Å². The molecule has 33 heavy (non-hydrogen) atoms. The van der Waals surface area contributed by atoms with Gasteiger partial charge in [-0.15, -0.1) is 0 Å². The summed E-state index contributed by atoms with van der Waals surface area (Å²) in [6.07, 6.45) is -2.75. The lowest BCUT2D eigenvalue weighted by atomic mass is 9.92. The summed E-state index contributed by atoms with van der Waals surface area (Å²) in [5, 5.41) is 25.2. The van der Waals surface area contributed by atoms with Crippen LogP contribution in [0.25, 0.3) is 5.52 Å². The average Bonchev–Trinajstić information content (AvgIpc) is 3.34. The van der Waals surface area contributed by atoms with E-state index in [0.717, 1.165) is 12.5 Å². The molecule has 1 fully saturated rings. The molecule has 1 saturated heterocycles. The van der Waals surface area contributed by atoms with Gasteiger partial charge in [0, 0.05) is 6.92 Å². The smallest absolute Gasteiger partial charge is 0.310 e. The monoisotopic (exact) mass is 451 g/mol. The number of carbonyl (C=O) groups excluding carboxylic acids is 2. The number of hydrogen-bond acceptors (Lipinski definition) is 10. The van der Waals surface area contributed by atoms with Gasteiger partial charge in [-0.05, 0) is 17.7 Å². The molecule has 0 aliphatic carbocycles. The maximum absolute atomic E-state index is 12.3. The van der Waals surface area contributed by atoms with Crippen LogP contribution >= 0.6 is 0 Å². The van der Waals surface area contributed by atoms with Crippen molar-refractivity contribution in [3.8, 4) is 6.07 Å². The van der Waals surface area contributed by atoms with Crippen LogP contribution < -0.4 is 5.73 Å². The molecule has 0 saturated carbocycles. The number of aromatic nitrogens is 3. The van der Waals surface area contributed by atoms with E-state index in [9.17, 15) is 20.0 Å². The fraction of sp³-hybridized carbons (Fsp3) is 0.318. The molecule has 1 aliphatic rings. The summed E-state index contributed by atoms with van der Waals surface area (Å²) >= 11 is 0. The number of anilines is 1. The van der Waals surface area contributed by atoms with Gasteiger partial charge in [0.05, 0.1) is 12.1 Å². The standard InChI is InChI=1S/C22H21N5O6/c1-13(28)32-19-16(10-31-18(29)9-14-5-3-2-4-6-14)33-22(11-23,20(19)30)17-8-7-15-21(24)25-12-26-27(15)17/h2-8,12,16,19-20,30H,9-10H2,1H3,(H2,24,25,26)/t16-,19-,20-,22+/m1/s1. The Labute approximate surface area is 188 Å². The van der Waals surface area contributed by atoms with E-state index in [-0.39, 0.29) is 24.5 Å². The molecule has 4 rings (SSSR count). The Hall–Kier alpha value is -4.01. The number of rotatable bonds is 6. The number of nitrogens with zero attached hydrogens (tertiary/aromatic N) is 4. The van der Waals surface area contributed by atoms with Gasteiger partial charge in [0.1, 0.15) is 36.7 Å². The first-order chi connectivity index (χ1) is 15.9. The molecule has 0 amide bonds. The van der Waals surface area contributed by atoms with Crippen LogP contribution in [0.1, 0.15) is 18.2 Å². The highest BCUT2D eigenvalue weighted by Gasteiger charge is 2.59. The number of aliphatic hydroxyl groups is 1. The molecule has 3 N–H and O–H groups in total. The molecular formula is C22H21N5O6. The van der Waals surface area contributed by atoms with Crippen LogP contribution in [0.2, 0.25) is 0 Å². The molecule has 170 valence electrons. The molecule has 2 aromatic heterocycles. The van der Waals surface area contributed by atoms with E-state index in [1.165, 1.54) is 16.9 Å². The predicted molar refractivity (Wildman–Crippen MR) is 112 cm³/mol. The first kappa shape index (κ1) is 22.2. The fourth-order valence-corrected chi connectivity index (χ4v) is 3.86. The van der Waals surface area contributed by atoms with Crippen LogP contribution in [0.3, 0.4) is 0 Å². The maximum Gasteiger partial charge on any atom is 0.310 e. The Balaban J connectivity index is 1.60. The van der Waals surface area contributed by atoms with Crippen LogP contribution in [-0.2, 0) is 35.8 Å². The number of ether oxygens (including phenoxy) is 3. The molecule has 0 unspecified atom stereocenters. The second-order valence-electron chi connectivity index (χ2n) is 7.53. The molecule has 0 radical (unpaired) electrons. The minimum atomic E-state index is -1.97. The third kappa shape index (κ3) is 4.09. The van der Waals surface area contributed by atoms with Gasteiger partial charge in [0.15, 0.2) is 11.9 Å². The number of carbonyl (C=O) groups is 2. The van der Waals surface area contributed by atoms with E-state index in [2.05, 4.69) is 10.1 Å². The highest BCUT2D eigenvalue weighted by Crippen LogP contribution is 2.41. The Kier molecular flexibility index (Phi) is 5.95. The molecule has 3 heterocycles. The van der Waals surface area contributed by atoms with Gasteiger partial charge in [-0.2, -0.15) is 10.4 Å². The zero-order valence-electron chi connectivity index (χ0n) is 17.6. The summed E-state index contributed by atoms with van der Waals surface area (Å²) < 4.78 is 17.8. The van der Waals surface area contributed by atoms with Crippen molar-refractivity contribution < 1.29 is 28.9 Å². The minimum absolute atomic E-state index is 0.0251. The fourth-order valence-electron chi connectivity index (χ4n) is 3.86. The van der Waals surface area contributed by atoms with Crippen LogP contribution in [0.5, 0.6) is 0 Å². The number of esters is 2. The van der Waals surface area contributed by atoms with Gasteiger partial charge < -0.3 is 25.1 Å². The molecule has 1 aromatic carbocycles. The second-order valence-corrected chi connectivity index (χ2v) is 7.53. The van der Waals surface area contributed by atoms with Crippen LogP contribution in [0.15, 0.2) is 48.8 Å². The lowest BCUT2D eigenvalue weighted by Crippen LogP contribution is -2.43. The molecule has 3 aromatic rings. The van der Waals surface area contributed by atoms with E-state index in [1.54, 1.807) is 30.3 Å². The number of aliphatic hydroxyl groups excluding tert-OH is 1. The summed E-state index contributed by atoms with van der Waals surface area (Å²) in [6.45, 7) is 0.822. The summed E-state index contributed by atoms with van der Waals surface area (Å²) in [4.78, 5) is 27.9. The molecule has 0 spiro atoms. The first-order valence-electron chi connectivity index (χ1n) is 10.1. The summed E-state index contributed by atoms with van der Waals surface area (Å²) in [5.74, 6) is -1.06. The van der Waals surface area contributed by atoms with Crippen molar-refractivity contribution >= 4 is 23.3 Å². The number of benzene rings is 1. The quantitative estimate of drug-likeness (QED) is 0.505. The molecule has 0 bridgehead atoms. The molecule has 1 aliphatic heterocycles. The molecular weight excluding hydrogens is 430 g/mol. The Morgan fingerprint density at radius 2 is 2.06 bits per heavy atom. The highest BCUT2D eigenvalue weighted by atomic mass is 16.6.